The summed E-state index contributed by atoms with van der Waals surface area (Å²) in [5, 5.41) is 17.7. The van der Waals surface area contributed by atoms with Crippen LogP contribution in [0.3, 0.4) is 0 Å². The summed E-state index contributed by atoms with van der Waals surface area (Å²) in [4.78, 5) is 17.4. The van der Waals surface area contributed by atoms with Gasteiger partial charge < -0.3 is 19.5 Å². The minimum atomic E-state index is -0.773. The second-order valence-corrected chi connectivity index (χ2v) is 10.1. The number of carbonyl (C=O) groups excluding carboxylic acids is 1. The molecule has 2 aliphatic rings. The minimum absolute atomic E-state index is 0.0420. The molecule has 0 saturated carbocycles. The zero-order chi connectivity index (χ0) is 24.3. The summed E-state index contributed by atoms with van der Waals surface area (Å²) >= 11 is 6.33. The van der Waals surface area contributed by atoms with Gasteiger partial charge in [-0.2, -0.15) is 5.10 Å². The number of aromatic amines is 1. The first kappa shape index (κ1) is 25.0. The van der Waals surface area contributed by atoms with Crippen LogP contribution >= 0.6 is 11.6 Å². The van der Waals surface area contributed by atoms with Crippen molar-refractivity contribution in [2.24, 2.45) is 0 Å². The van der Waals surface area contributed by atoms with Crippen molar-refractivity contribution in [2.45, 2.75) is 58.3 Å². The lowest BCUT2D eigenvalue weighted by Gasteiger charge is -2.43. The molecule has 2 saturated heterocycles. The molecular formula is C25H35ClN4O4. The van der Waals surface area contributed by atoms with Crippen molar-refractivity contribution >= 4 is 17.5 Å². The molecule has 1 amide bonds. The Kier molecular flexibility index (Phi) is 7.82. The van der Waals surface area contributed by atoms with E-state index in [-0.39, 0.29) is 25.0 Å². The number of likely N-dealkylation sites (tertiary alicyclic amines) is 1. The predicted octanol–water partition coefficient (Wildman–Crippen LogP) is 3.01. The van der Waals surface area contributed by atoms with Crippen LogP contribution in [-0.4, -0.2) is 82.1 Å². The average molecular weight is 491 g/mol. The number of aliphatic hydroxyl groups is 1. The number of ether oxygens (including phenoxy) is 2. The number of benzene rings is 1. The Hall–Kier alpha value is -2.13. The van der Waals surface area contributed by atoms with Gasteiger partial charge in [0.05, 0.1) is 25.3 Å². The molecule has 0 aliphatic carbocycles. The number of aromatic nitrogens is 2. The first-order valence-corrected chi connectivity index (χ1v) is 12.3. The topological polar surface area (TPSA) is 90.9 Å². The summed E-state index contributed by atoms with van der Waals surface area (Å²) in [5.41, 5.74) is 3.32. The van der Waals surface area contributed by atoms with Gasteiger partial charge in [-0.15, -0.1) is 0 Å². The van der Waals surface area contributed by atoms with E-state index in [1.807, 2.05) is 44.0 Å². The van der Waals surface area contributed by atoms with Crippen molar-refractivity contribution in [3.63, 3.8) is 0 Å². The van der Waals surface area contributed by atoms with Crippen LogP contribution in [0.1, 0.15) is 41.6 Å². The number of morpholine rings is 1. The highest BCUT2D eigenvalue weighted by molar-refractivity contribution is 6.32. The molecule has 3 heterocycles. The molecule has 0 bridgehead atoms. The zero-order valence-corrected chi connectivity index (χ0v) is 21.0. The van der Waals surface area contributed by atoms with Gasteiger partial charge in [-0.25, -0.2) is 0 Å². The molecule has 1 aromatic heterocycles. The first-order valence-electron chi connectivity index (χ1n) is 12.0. The van der Waals surface area contributed by atoms with Crippen LogP contribution in [0.5, 0.6) is 5.75 Å². The molecule has 186 valence electrons. The van der Waals surface area contributed by atoms with Gasteiger partial charge in [0.15, 0.2) is 0 Å². The van der Waals surface area contributed by atoms with Gasteiger partial charge in [0.2, 0.25) is 5.91 Å². The van der Waals surface area contributed by atoms with Gasteiger partial charge in [0.25, 0.3) is 0 Å². The number of aryl methyl sites for hydroxylation is 3. The molecule has 9 heteroatoms. The molecule has 0 spiro atoms. The monoisotopic (exact) mass is 490 g/mol. The maximum Gasteiger partial charge on any atom is 0.225 e. The van der Waals surface area contributed by atoms with Gasteiger partial charge in [-0.05, 0) is 56.9 Å². The molecule has 1 aromatic carbocycles. The third-order valence-corrected chi connectivity index (χ3v) is 7.45. The Morgan fingerprint density at radius 3 is 2.62 bits per heavy atom. The van der Waals surface area contributed by atoms with Gasteiger partial charge in [0, 0.05) is 49.0 Å². The summed E-state index contributed by atoms with van der Waals surface area (Å²) < 4.78 is 12.6. The number of piperidine rings is 1. The number of amides is 1. The highest BCUT2D eigenvalue weighted by Crippen LogP contribution is 2.30. The fourth-order valence-electron chi connectivity index (χ4n) is 4.79. The van der Waals surface area contributed by atoms with Gasteiger partial charge in [-0.3, -0.25) is 14.8 Å². The molecular weight excluding hydrogens is 456 g/mol. The number of nitrogens with one attached hydrogen (secondary N) is 1. The van der Waals surface area contributed by atoms with Crippen molar-refractivity contribution in [1.29, 1.82) is 0 Å². The summed E-state index contributed by atoms with van der Waals surface area (Å²) in [5.74, 6) is 0.763. The molecule has 2 aromatic rings. The van der Waals surface area contributed by atoms with Crippen molar-refractivity contribution in [3.8, 4) is 5.75 Å². The number of halogens is 1. The van der Waals surface area contributed by atoms with E-state index in [9.17, 15) is 9.90 Å². The molecule has 2 fully saturated rings. The summed E-state index contributed by atoms with van der Waals surface area (Å²) in [6, 6.07) is 3.85. The van der Waals surface area contributed by atoms with E-state index in [1.165, 1.54) is 0 Å². The van der Waals surface area contributed by atoms with Crippen molar-refractivity contribution in [1.82, 2.24) is 20.0 Å². The Balaban J connectivity index is 1.51. The Morgan fingerprint density at radius 1 is 1.26 bits per heavy atom. The number of hydrogen-bond donors (Lipinski definition) is 2. The third-order valence-electron chi connectivity index (χ3n) is 6.86. The van der Waals surface area contributed by atoms with Crippen LogP contribution in [0.2, 0.25) is 5.02 Å². The Bertz CT molecular complexity index is 982. The normalized spacial score (nSPS) is 22.2. The van der Waals surface area contributed by atoms with Gasteiger partial charge in [-0.1, -0.05) is 11.6 Å². The van der Waals surface area contributed by atoms with Crippen LogP contribution in [0, 0.1) is 20.8 Å². The van der Waals surface area contributed by atoms with Crippen LogP contribution in [0.15, 0.2) is 18.3 Å². The first-order chi connectivity index (χ1) is 16.2. The number of carbonyl (C=O) groups is 1. The highest BCUT2D eigenvalue weighted by Gasteiger charge is 2.41. The molecule has 0 radical (unpaired) electrons. The van der Waals surface area contributed by atoms with Crippen LogP contribution in [-0.2, 0) is 16.1 Å². The number of rotatable bonds is 7. The lowest BCUT2D eigenvalue weighted by Crippen LogP contribution is -2.57. The van der Waals surface area contributed by atoms with E-state index in [2.05, 4.69) is 15.1 Å². The minimum Gasteiger partial charge on any atom is -0.490 e. The zero-order valence-electron chi connectivity index (χ0n) is 20.3. The summed E-state index contributed by atoms with van der Waals surface area (Å²) in [6.45, 7) is 9.93. The van der Waals surface area contributed by atoms with E-state index in [0.717, 1.165) is 46.2 Å². The van der Waals surface area contributed by atoms with Crippen molar-refractivity contribution in [2.75, 3.05) is 39.4 Å². The molecule has 1 atom stereocenters. The molecule has 1 unspecified atom stereocenters. The lowest BCUT2D eigenvalue weighted by atomic mass is 9.95. The van der Waals surface area contributed by atoms with E-state index < -0.39 is 5.60 Å². The van der Waals surface area contributed by atoms with Crippen LogP contribution < -0.4 is 4.74 Å². The quantitative estimate of drug-likeness (QED) is 0.620. The molecule has 4 rings (SSSR count). The predicted molar refractivity (Wildman–Crippen MR) is 130 cm³/mol. The van der Waals surface area contributed by atoms with Crippen LogP contribution in [0.25, 0.3) is 0 Å². The largest absolute Gasteiger partial charge is 0.490 e. The third kappa shape index (κ3) is 5.92. The van der Waals surface area contributed by atoms with Gasteiger partial charge >= 0.3 is 0 Å². The number of nitrogens with zero attached hydrogens (tertiary/aromatic N) is 3. The second kappa shape index (κ2) is 10.6. The number of H-pyrrole nitrogens is 1. The maximum atomic E-state index is 13.3. The molecule has 2 aliphatic heterocycles. The molecule has 34 heavy (non-hydrogen) atoms. The number of hydrogen-bond acceptors (Lipinski definition) is 6. The van der Waals surface area contributed by atoms with E-state index >= 15 is 0 Å². The van der Waals surface area contributed by atoms with Crippen LogP contribution in [0.4, 0.5) is 0 Å². The SMILES string of the molecule is Cc1cc(OCC2(CC(=O)N3CCC(O)CC3)CN(Cc3cn[nH]c3C)CCO2)cc(C)c1Cl. The average Bonchev–Trinajstić information content (AvgIpc) is 3.21. The summed E-state index contributed by atoms with van der Waals surface area (Å²) in [6.07, 6.45) is 3.00. The molecule has 2 N–H and O–H groups in total. The Morgan fingerprint density at radius 2 is 1.97 bits per heavy atom. The maximum absolute atomic E-state index is 13.3. The smallest absolute Gasteiger partial charge is 0.225 e. The summed E-state index contributed by atoms with van der Waals surface area (Å²) in [7, 11) is 0. The van der Waals surface area contributed by atoms with E-state index in [4.69, 9.17) is 21.1 Å². The fraction of sp³-hybridized carbons (Fsp3) is 0.600. The Labute approximate surface area is 206 Å². The highest BCUT2D eigenvalue weighted by atomic mass is 35.5. The van der Waals surface area contributed by atoms with Crippen molar-refractivity contribution < 1.29 is 19.4 Å². The van der Waals surface area contributed by atoms with Gasteiger partial charge in [0.1, 0.15) is 18.0 Å². The second-order valence-electron chi connectivity index (χ2n) is 9.71. The van der Waals surface area contributed by atoms with E-state index in [0.29, 0.717) is 39.1 Å². The fourth-order valence-corrected chi connectivity index (χ4v) is 4.90. The standard InChI is InChI=1S/C25H35ClN4O4/c1-17-10-22(11-18(2)24(17)26)33-16-25(12-23(32)30-6-4-21(31)5-7-30)15-29(8-9-34-25)14-20-13-27-28-19(20)3/h10-11,13,21,31H,4-9,12,14-16H2,1-3H3,(H,27,28). The molecule has 8 nitrogen and oxygen atoms in total. The van der Waals surface area contributed by atoms with Crippen molar-refractivity contribution in [3.05, 3.63) is 45.7 Å². The van der Waals surface area contributed by atoms with E-state index in [1.54, 1.807) is 0 Å². The lowest BCUT2D eigenvalue weighted by molar-refractivity contribution is -0.158. The number of aliphatic hydroxyl groups excluding tert-OH is 1.